The van der Waals surface area contributed by atoms with Crippen molar-refractivity contribution in [3.8, 4) is 0 Å². The molecule has 0 spiro atoms. The number of aryl methyl sites for hydroxylation is 1. The van der Waals surface area contributed by atoms with Gasteiger partial charge in [-0.3, -0.25) is 0 Å². The second kappa shape index (κ2) is 4.06. The number of benzene rings is 1. The van der Waals surface area contributed by atoms with E-state index in [1.54, 1.807) is 31.2 Å². The standard InChI is InChI=1S/C11H10N2O3/c1-8-10(7-12-16-8)13(11(14)15)9-5-3-2-4-6-9/h2-7H,1H3,(H,14,15). The minimum absolute atomic E-state index is 0.429. The van der Waals surface area contributed by atoms with Crippen LogP contribution in [0.25, 0.3) is 0 Å². The van der Waals surface area contributed by atoms with Gasteiger partial charge in [0.2, 0.25) is 0 Å². The van der Waals surface area contributed by atoms with Crippen LogP contribution < -0.4 is 4.90 Å². The van der Waals surface area contributed by atoms with Crippen LogP contribution in [-0.2, 0) is 0 Å². The van der Waals surface area contributed by atoms with Gasteiger partial charge in [-0.05, 0) is 19.1 Å². The topological polar surface area (TPSA) is 66.6 Å². The molecule has 1 aromatic carbocycles. The van der Waals surface area contributed by atoms with Crippen LogP contribution in [0.4, 0.5) is 16.2 Å². The highest BCUT2D eigenvalue weighted by molar-refractivity contribution is 5.94. The third kappa shape index (κ3) is 1.75. The molecule has 1 N–H and O–H groups in total. The average molecular weight is 218 g/mol. The van der Waals surface area contributed by atoms with Crippen LogP contribution in [0.15, 0.2) is 41.1 Å². The molecule has 0 atom stereocenters. The maximum Gasteiger partial charge on any atom is 0.416 e. The Morgan fingerprint density at radius 1 is 1.38 bits per heavy atom. The second-order valence-corrected chi connectivity index (χ2v) is 3.22. The van der Waals surface area contributed by atoms with Gasteiger partial charge in [0.15, 0.2) is 5.76 Å². The number of hydrogen-bond acceptors (Lipinski definition) is 3. The molecular weight excluding hydrogens is 208 g/mol. The monoisotopic (exact) mass is 218 g/mol. The molecule has 82 valence electrons. The van der Waals surface area contributed by atoms with Gasteiger partial charge in [-0.1, -0.05) is 23.4 Å². The quantitative estimate of drug-likeness (QED) is 0.841. The maximum absolute atomic E-state index is 11.2. The van der Waals surface area contributed by atoms with Gasteiger partial charge < -0.3 is 9.63 Å². The van der Waals surface area contributed by atoms with Gasteiger partial charge in [-0.25, -0.2) is 9.69 Å². The molecule has 0 saturated heterocycles. The van der Waals surface area contributed by atoms with Crippen molar-refractivity contribution >= 4 is 17.5 Å². The zero-order valence-electron chi connectivity index (χ0n) is 8.62. The molecule has 0 aliphatic heterocycles. The summed E-state index contributed by atoms with van der Waals surface area (Å²) in [5.74, 6) is 0.464. The van der Waals surface area contributed by atoms with E-state index in [2.05, 4.69) is 5.16 Å². The summed E-state index contributed by atoms with van der Waals surface area (Å²) in [4.78, 5) is 12.3. The summed E-state index contributed by atoms with van der Waals surface area (Å²) < 4.78 is 4.86. The van der Waals surface area contributed by atoms with E-state index < -0.39 is 6.09 Å². The summed E-state index contributed by atoms with van der Waals surface area (Å²) in [6.45, 7) is 1.67. The third-order valence-electron chi connectivity index (χ3n) is 2.17. The van der Waals surface area contributed by atoms with Crippen molar-refractivity contribution in [2.45, 2.75) is 6.92 Å². The van der Waals surface area contributed by atoms with Gasteiger partial charge in [-0.2, -0.15) is 0 Å². The Hall–Kier alpha value is -2.30. The van der Waals surface area contributed by atoms with Gasteiger partial charge in [0, 0.05) is 0 Å². The van der Waals surface area contributed by atoms with Gasteiger partial charge in [0.1, 0.15) is 5.69 Å². The summed E-state index contributed by atoms with van der Waals surface area (Å²) in [6, 6.07) is 8.79. The summed E-state index contributed by atoms with van der Waals surface area (Å²) in [5, 5.41) is 12.7. The van der Waals surface area contributed by atoms with Crippen LogP contribution >= 0.6 is 0 Å². The first-order valence-corrected chi connectivity index (χ1v) is 4.69. The van der Waals surface area contributed by atoms with Gasteiger partial charge in [-0.15, -0.1) is 0 Å². The molecule has 1 heterocycles. The van der Waals surface area contributed by atoms with Crippen LogP contribution in [0, 0.1) is 6.92 Å². The molecule has 16 heavy (non-hydrogen) atoms. The lowest BCUT2D eigenvalue weighted by Gasteiger charge is -2.17. The number of amides is 1. The fraction of sp³-hybridized carbons (Fsp3) is 0.0909. The van der Waals surface area contributed by atoms with Crippen molar-refractivity contribution in [2.24, 2.45) is 0 Å². The smallest absolute Gasteiger partial charge is 0.416 e. The fourth-order valence-electron chi connectivity index (χ4n) is 1.44. The molecule has 0 aliphatic carbocycles. The van der Waals surface area contributed by atoms with E-state index in [0.29, 0.717) is 17.1 Å². The molecule has 2 rings (SSSR count). The number of anilines is 2. The summed E-state index contributed by atoms with van der Waals surface area (Å²) >= 11 is 0. The van der Waals surface area contributed by atoms with Crippen LogP contribution in [0.3, 0.4) is 0 Å². The molecule has 1 aromatic heterocycles. The Balaban J connectivity index is 2.48. The Morgan fingerprint density at radius 3 is 2.56 bits per heavy atom. The Labute approximate surface area is 91.9 Å². The molecule has 5 heteroatoms. The van der Waals surface area contributed by atoms with E-state index in [0.717, 1.165) is 4.90 Å². The first kappa shape index (κ1) is 10.2. The van der Waals surface area contributed by atoms with E-state index in [-0.39, 0.29) is 0 Å². The van der Waals surface area contributed by atoms with E-state index >= 15 is 0 Å². The van der Waals surface area contributed by atoms with Crippen LogP contribution in [0.5, 0.6) is 0 Å². The molecule has 1 amide bonds. The minimum Gasteiger partial charge on any atom is -0.464 e. The third-order valence-corrected chi connectivity index (χ3v) is 2.17. The largest absolute Gasteiger partial charge is 0.464 e. The van der Waals surface area contributed by atoms with Gasteiger partial charge in [0.25, 0.3) is 0 Å². The fourth-order valence-corrected chi connectivity index (χ4v) is 1.44. The normalized spacial score (nSPS) is 10.1. The zero-order chi connectivity index (χ0) is 11.5. The van der Waals surface area contributed by atoms with Gasteiger partial charge >= 0.3 is 6.09 Å². The molecule has 0 radical (unpaired) electrons. The van der Waals surface area contributed by atoms with Crippen molar-refractivity contribution in [1.29, 1.82) is 0 Å². The van der Waals surface area contributed by atoms with Crippen molar-refractivity contribution in [2.75, 3.05) is 4.90 Å². The molecule has 5 nitrogen and oxygen atoms in total. The van der Waals surface area contributed by atoms with E-state index in [1.807, 2.05) is 6.07 Å². The predicted molar refractivity (Wildman–Crippen MR) is 57.8 cm³/mol. The van der Waals surface area contributed by atoms with E-state index in [4.69, 9.17) is 4.52 Å². The lowest BCUT2D eigenvalue weighted by atomic mass is 10.2. The van der Waals surface area contributed by atoms with E-state index in [9.17, 15) is 9.90 Å². The number of rotatable bonds is 2. The molecule has 0 aliphatic rings. The number of carbonyl (C=O) groups is 1. The number of nitrogens with zero attached hydrogens (tertiary/aromatic N) is 2. The maximum atomic E-state index is 11.2. The summed E-state index contributed by atoms with van der Waals surface area (Å²) in [5.41, 5.74) is 0.986. The average Bonchev–Trinajstić information content (AvgIpc) is 2.66. The second-order valence-electron chi connectivity index (χ2n) is 3.22. The number of hydrogen-bond donors (Lipinski definition) is 1. The Kier molecular flexibility index (Phi) is 2.59. The van der Waals surface area contributed by atoms with Gasteiger partial charge in [0.05, 0.1) is 11.9 Å². The predicted octanol–water partition coefficient (Wildman–Crippen LogP) is 2.80. The highest BCUT2D eigenvalue weighted by Crippen LogP contribution is 2.27. The summed E-state index contributed by atoms with van der Waals surface area (Å²) in [6.07, 6.45) is 0.314. The molecule has 0 fully saturated rings. The van der Waals surface area contributed by atoms with Crippen molar-refractivity contribution in [3.63, 3.8) is 0 Å². The lowest BCUT2D eigenvalue weighted by Crippen LogP contribution is -2.23. The van der Waals surface area contributed by atoms with Crippen LogP contribution in [0.2, 0.25) is 0 Å². The van der Waals surface area contributed by atoms with Crippen molar-refractivity contribution in [3.05, 3.63) is 42.3 Å². The van der Waals surface area contributed by atoms with Crippen molar-refractivity contribution < 1.29 is 14.4 Å². The minimum atomic E-state index is -1.07. The van der Waals surface area contributed by atoms with E-state index in [1.165, 1.54) is 6.20 Å². The SMILES string of the molecule is Cc1oncc1N(C(=O)O)c1ccccc1. The van der Waals surface area contributed by atoms with Crippen molar-refractivity contribution in [1.82, 2.24) is 5.16 Å². The zero-order valence-corrected chi connectivity index (χ0v) is 8.62. The summed E-state index contributed by atoms with van der Waals surface area (Å²) in [7, 11) is 0. The molecule has 0 unspecified atom stereocenters. The number of carboxylic acid groups (broad SMARTS) is 1. The van der Waals surface area contributed by atoms with Crippen LogP contribution in [0.1, 0.15) is 5.76 Å². The van der Waals surface area contributed by atoms with Crippen LogP contribution in [-0.4, -0.2) is 16.4 Å². The molecule has 0 saturated carbocycles. The first-order valence-electron chi connectivity index (χ1n) is 4.69. The Morgan fingerprint density at radius 2 is 2.06 bits per heavy atom. The lowest BCUT2D eigenvalue weighted by molar-refractivity contribution is 0.204. The number of aromatic nitrogens is 1. The first-order chi connectivity index (χ1) is 7.70. The Bertz CT molecular complexity index is 493. The highest BCUT2D eigenvalue weighted by Gasteiger charge is 2.20. The molecule has 0 bridgehead atoms. The molecule has 2 aromatic rings. The molecular formula is C11H10N2O3. The highest BCUT2D eigenvalue weighted by atomic mass is 16.5. The number of para-hydroxylation sites is 1.